The maximum atomic E-state index is 11.3. The van der Waals surface area contributed by atoms with Crippen molar-refractivity contribution in [2.45, 2.75) is 9.79 Å². The van der Waals surface area contributed by atoms with E-state index in [1.165, 1.54) is 24.3 Å². The molecular weight excluding hydrogens is 1330 g/mol. The molecule has 10 aromatic carbocycles. The van der Waals surface area contributed by atoms with Gasteiger partial charge in [-0.15, -0.1) is 0 Å². The van der Waals surface area contributed by atoms with Crippen LogP contribution in [0.1, 0.15) is 0 Å². The van der Waals surface area contributed by atoms with Gasteiger partial charge in [-0.05, 0) is 93.5 Å². The fourth-order valence-corrected chi connectivity index (χ4v) is 16.1. The molecule has 5 heterocycles. The molecule has 3 aromatic heterocycles. The smallest absolute Gasteiger partial charge is 0.744 e. The zero-order valence-electron chi connectivity index (χ0n) is 47.5. The molecule has 0 aliphatic carbocycles. The van der Waals surface area contributed by atoms with Crippen molar-refractivity contribution in [2.75, 3.05) is 0 Å². The molecule has 424 valence electrons. The third kappa shape index (κ3) is 14.6. The molecular formula is C68H44K2N8O6P2RuS2. The Morgan fingerprint density at radius 2 is 0.506 bits per heavy atom. The largest absolute Gasteiger partial charge is 2.00 e. The second kappa shape index (κ2) is 29.2. The number of rotatable bonds is 8. The zero-order valence-corrected chi connectivity index (χ0v) is 58.9. The van der Waals surface area contributed by atoms with E-state index in [0.717, 1.165) is 75.6 Å². The molecule has 14 nitrogen and oxygen atoms in total. The standard InChI is InChI=1S/C32H16N8.2C18H15O3PS.2K.Ru/c1-2-10-18-17(9-1)25-33-26(18)38-28-21-13-5-6-14-22(21)30(35-28)40-32-24-16-8-7-15-23(24)31(36-32)39-29-20-12-4-3-11-19(20)27(34-29)37-25;2*19-23(20,21)18-13-7-12-17(14-18)22(15-8-3-1-4-9-15)16-10-5-2-6-11-16;;;/h1-16H;2*1-14H,(H,19,20,21);;;/q-2;;;2*+1;+2/p-2. The average molecular weight is 1370 g/mol. The van der Waals surface area contributed by atoms with E-state index in [-0.39, 0.29) is 132 Å². The number of nitrogens with zero attached hydrogens (tertiary/aromatic N) is 8. The minimum Gasteiger partial charge on any atom is -0.744 e. The molecule has 8 bridgehead atoms. The Hall–Kier alpha value is -5.86. The number of benzene rings is 10. The van der Waals surface area contributed by atoms with Crippen LogP contribution in [0.4, 0.5) is 0 Å². The van der Waals surface area contributed by atoms with Crippen molar-refractivity contribution in [1.82, 2.24) is 39.9 Å². The van der Waals surface area contributed by atoms with Crippen molar-refractivity contribution in [3.8, 4) is 45.6 Å². The Kier molecular flexibility index (Phi) is 21.7. The maximum absolute atomic E-state index is 11.3. The molecule has 89 heavy (non-hydrogen) atoms. The molecule has 0 saturated carbocycles. The molecule has 0 spiro atoms. The molecule has 21 heteroatoms. The zero-order chi connectivity index (χ0) is 58.8. The minimum absolute atomic E-state index is 0. The molecule has 0 fully saturated rings. The fourth-order valence-electron chi connectivity index (χ4n) is 10.2. The topological polar surface area (TPSA) is 220 Å². The van der Waals surface area contributed by atoms with E-state index in [4.69, 9.17) is 39.9 Å². The number of hydrogen-bond acceptors (Lipinski definition) is 12. The number of hydrogen-bond donors (Lipinski definition) is 0. The van der Waals surface area contributed by atoms with Crippen LogP contribution in [0.5, 0.6) is 0 Å². The predicted octanol–water partition coefficient (Wildman–Crippen LogP) is 4.83. The van der Waals surface area contributed by atoms with Crippen molar-refractivity contribution in [1.29, 1.82) is 0 Å². The van der Waals surface area contributed by atoms with E-state index in [2.05, 4.69) is 0 Å². The average Bonchev–Trinajstić information content (AvgIpc) is 1.78. The first-order valence-electron chi connectivity index (χ1n) is 26.9. The quantitative estimate of drug-likeness (QED) is 0.113. The summed E-state index contributed by atoms with van der Waals surface area (Å²) in [5.41, 5.74) is 5.78. The molecule has 13 aromatic rings. The Balaban J connectivity index is 0.000000155. The third-order valence-corrected chi connectivity index (χ3v) is 20.6. The summed E-state index contributed by atoms with van der Waals surface area (Å²) in [6.45, 7) is 0. The second-order valence-electron chi connectivity index (χ2n) is 19.6. The van der Waals surface area contributed by atoms with Gasteiger partial charge in [-0.25, -0.2) is 26.8 Å². The molecule has 2 aliphatic rings. The van der Waals surface area contributed by atoms with Crippen LogP contribution < -0.4 is 145 Å². The monoisotopic (exact) mass is 1370 g/mol. The summed E-state index contributed by atoms with van der Waals surface area (Å²) in [7, 11) is -10.8. The first-order valence-corrected chi connectivity index (χ1v) is 32.4. The summed E-state index contributed by atoms with van der Waals surface area (Å²) < 4.78 is 68.0. The van der Waals surface area contributed by atoms with Crippen molar-refractivity contribution in [3.63, 3.8) is 0 Å². The number of fused-ring (bicyclic) bond motifs is 20. The van der Waals surface area contributed by atoms with Crippen LogP contribution in [0.2, 0.25) is 0 Å². The van der Waals surface area contributed by atoms with E-state index in [1.807, 2.05) is 231 Å². The van der Waals surface area contributed by atoms with Crippen molar-refractivity contribution < 1.29 is 148 Å². The fraction of sp³-hybridized carbons (Fsp3) is 0. The van der Waals surface area contributed by atoms with Gasteiger partial charge in [0.2, 0.25) is 0 Å². The van der Waals surface area contributed by atoms with Gasteiger partial charge in [-0.2, -0.15) is 0 Å². The van der Waals surface area contributed by atoms with Crippen LogP contribution >= 0.6 is 15.8 Å². The predicted molar refractivity (Wildman–Crippen MR) is 340 cm³/mol. The third-order valence-electron chi connectivity index (χ3n) is 14.1. The molecule has 0 unspecified atom stereocenters. The van der Waals surface area contributed by atoms with Crippen LogP contribution in [0, 0.1) is 0 Å². The van der Waals surface area contributed by atoms with Crippen molar-refractivity contribution >= 4 is 112 Å². The van der Waals surface area contributed by atoms with Crippen LogP contribution in [0.25, 0.3) is 89.7 Å². The van der Waals surface area contributed by atoms with Gasteiger partial charge in [-0.3, -0.25) is 0 Å². The van der Waals surface area contributed by atoms with Crippen LogP contribution in [0.3, 0.4) is 0 Å². The first kappa shape index (κ1) is 66.1. The second-order valence-corrected chi connectivity index (χ2v) is 26.8. The Morgan fingerprint density at radius 1 is 0.281 bits per heavy atom. The van der Waals surface area contributed by atoms with Gasteiger partial charge in [0, 0.05) is 44.8 Å². The van der Waals surface area contributed by atoms with Gasteiger partial charge in [0.15, 0.2) is 0 Å². The van der Waals surface area contributed by atoms with Gasteiger partial charge >= 0.3 is 122 Å². The van der Waals surface area contributed by atoms with Crippen molar-refractivity contribution in [2.24, 2.45) is 0 Å². The van der Waals surface area contributed by atoms with Gasteiger partial charge < -0.3 is 39.0 Å². The summed E-state index contributed by atoms with van der Waals surface area (Å²) in [6.07, 6.45) is 0. The van der Waals surface area contributed by atoms with E-state index >= 15 is 0 Å². The summed E-state index contributed by atoms with van der Waals surface area (Å²) in [4.78, 5) is 38.9. The molecule has 0 amide bonds. The Labute approximate surface area is 613 Å². The molecule has 0 saturated heterocycles. The SMILES string of the molecule is O=S(=O)([O-])c1cccc(P(c2ccccc2)c2ccccc2)c1.O=S(=O)([O-])c1cccc(P(c2ccccc2)c2ccccc2)c1.[K+].[K+].[Ru+2].c1ccc2c(c1)-c1nc-2nc2[n-]c(nc3nc(nc4[n-]c(n1)c1ccccc41)-c1ccccc1-3)c1ccccc21. The molecule has 2 aliphatic heterocycles. The van der Waals surface area contributed by atoms with E-state index in [1.54, 1.807) is 12.1 Å². The minimum atomic E-state index is -4.46. The van der Waals surface area contributed by atoms with Gasteiger partial charge in [0.05, 0.1) is 33.1 Å². The van der Waals surface area contributed by atoms with Gasteiger partial charge in [-0.1, -0.05) is 243 Å². The summed E-state index contributed by atoms with van der Waals surface area (Å²) in [6, 6.07) is 84.2. The first-order chi connectivity index (χ1) is 41.9. The van der Waals surface area contributed by atoms with Crippen molar-refractivity contribution in [3.05, 3.63) is 267 Å². The summed E-state index contributed by atoms with van der Waals surface area (Å²) in [5, 5.41) is 9.68. The van der Waals surface area contributed by atoms with Crippen LogP contribution in [-0.2, 0) is 39.7 Å². The Bertz CT molecular complexity index is 4570. The van der Waals surface area contributed by atoms with Gasteiger partial charge in [0.1, 0.15) is 20.2 Å². The molecule has 15 rings (SSSR count). The maximum Gasteiger partial charge on any atom is 2.00 e. The molecule has 0 N–H and O–H groups in total. The number of aromatic nitrogens is 8. The Morgan fingerprint density at radius 3 is 0.753 bits per heavy atom. The van der Waals surface area contributed by atoms with E-state index in [9.17, 15) is 25.9 Å². The normalized spacial score (nSPS) is 11.4. The molecule has 0 atom stereocenters. The van der Waals surface area contributed by atoms with Gasteiger partial charge in [0.25, 0.3) is 0 Å². The summed E-state index contributed by atoms with van der Waals surface area (Å²) >= 11 is 0. The van der Waals surface area contributed by atoms with Crippen LogP contribution in [-0.4, -0.2) is 55.8 Å². The molecule has 0 radical (unpaired) electrons. The summed E-state index contributed by atoms with van der Waals surface area (Å²) in [5.74, 6) is 2.21. The van der Waals surface area contributed by atoms with Crippen LogP contribution in [0.15, 0.2) is 277 Å². The van der Waals surface area contributed by atoms with E-state index < -0.39 is 36.1 Å². The van der Waals surface area contributed by atoms with E-state index in [0.29, 0.717) is 45.9 Å².